The molecule has 2 heterocycles. The van der Waals surface area contributed by atoms with Crippen molar-refractivity contribution >= 4 is 17.6 Å². The quantitative estimate of drug-likeness (QED) is 0.476. The Bertz CT molecular complexity index is 1380. The summed E-state index contributed by atoms with van der Waals surface area (Å²) < 4.78 is 15.4. The number of halogens is 1. The summed E-state index contributed by atoms with van der Waals surface area (Å²) in [6, 6.07) is 21.8. The first kappa shape index (κ1) is 21.6. The molecule has 1 aliphatic rings. The lowest BCUT2D eigenvalue weighted by molar-refractivity contribution is -0.118. The van der Waals surface area contributed by atoms with Crippen LogP contribution in [0, 0.1) is 19.7 Å². The zero-order valence-corrected chi connectivity index (χ0v) is 18.7. The summed E-state index contributed by atoms with van der Waals surface area (Å²) >= 11 is 0. The molecule has 0 radical (unpaired) electrons. The molecule has 0 fully saturated rings. The number of fused-ring (bicyclic) bond motifs is 1. The number of nitrogens with zero attached hydrogens (tertiary/aromatic N) is 2. The van der Waals surface area contributed by atoms with E-state index in [1.807, 2.05) is 50.2 Å². The van der Waals surface area contributed by atoms with Crippen LogP contribution in [0.3, 0.4) is 0 Å². The summed E-state index contributed by atoms with van der Waals surface area (Å²) in [6.45, 7) is 3.77. The number of amides is 2. The molecule has 0 unspecified atom stereocenters. The van der Waals surface area contributed by atoms with Gasteiger partial charge in [-0.25, -0.2) is 9.07 Å². The lowest BCUT2D eigenvalue weighted by Gasteiger charge is -2.32. The Hall–Kier alpha value is -4.26. The minimum atomic E-state index is -0.905. The van der Waals surface area contributed by atoms with E-state index in [0.29, 0.717) is 22.6 Å². The number of anilines is 1. The smallest absolute Gasteiger partial charge is 0.251 e. The first-order valence-electron chi connectivity index (χ1n) is 11.0. The molecule has 7 heteroatoms. The maximum absolute atomic E-state index is 13.7. The van der Waals surface area contributed by atoms with Crippen LogP contribution in [0.5, 0.6) is 0 Å². The number of nitrogens with one attached hydrogen (secondary N) is 2. The molecule has 0 aliphatic carbocycles. The van der Waals surface area contributed by atoms with Gasteiger partial charge in [0.25, 0.3) is 5.91 Å². The molecule has 2 atom stereocenters. The van der Waals surface area contributed by atoms with Gasteiger partial charge in [0, 0.05) is 17.0 Å². The number of benzene rings is 3. The van der Waals surface area contributed by atoms with Crippen molar-refractivity contribution in [3.8, 4) is 5.69 Å². The van der Waals surface area contributed by atoms with Gasteiger partial charge in [-0.15, -0.1) is 0 Å². The number of rotatable bonds is 4. The summed E-state index contributed by atoms with van der Waals surface area (Å²) in [5.41, 5.74) is 4.41. The standard InChI is InChI=1S/C27H23FN4O2/c1-16-7-6-8-19(15-16)26(33)29-24-23(18-11-13-20(28)14-12-18)22-17(2)31-32(25(22)30-27(24)34)21-9-4-3-5-10-21/h3-15,23-24H,1-2H3,(H,29,33)(H,30,34)/t23-,24+/m0/s1. The molecule has 0 bridgehead atoms. The van der Waals surface area contributed by atoms with Crippen LogP contribution in [-0.4, -0.2) is 27.6 Å². The van der Waals surface area contributed by atoms with Gasteiger partial charge in [-0.05, 0) is 55.8 Å². The summed E-state index contributed by atoms with van der Waals surface area (Å²) in [5.74, 6) is -1.09. The SMILES string of the molecule is Cc1cccc(C(=O)N[C@H]2C(=O)Nc3c(c(C)nn3-c3ccccc3)[C@@H]2c2ccc(F)cc2)c1. The predicted octanol–water partition coefficient (Wildman–Crippen LogP) is 4.51. The molecule has 170 valence electrons. The second-order valence-corrected chi connectivity index (χ2v) is 8.43. The van der Waals surface area contributed by atoms with Crippen LogP contribution in [0.2, 0.25) is 0 Å². The average Bonchev–Trinajstić information content (AvgIpc) is 3.16. The molecule has 3 aromatic carbocycles. The fraction of sp³-hybridized carbons (Fsp3) is 0.148. The number of aryl methyl sites for hydroxylation is 2. The third kappa shape index (κ3) is 3.85. The Labute approximate surface area is 196 Å². The molecule has 0 spiro atoms. The Balaban J connectivity index is 1.62. The van der Waals surface area contributed by atoms with Crippen molar-refractivity contribution in [1.29, 1.82) is 0 Å². The molecule has 0 saturated heterocycles. The first-order valence-corrected chi connectivity index (χ1v) is 11.0. The third-order valence-electron chi connectivity index (χ3n) is 6.07. The number of hydrogen-bond donors (Lipinski definition) is 2. The zero-order chi connectivity index (χ0) is 23.8. The number of carbonyl (C=O) groups excluding carboxylic acids is 2. The molecule has 2 N–H and O–H groups in total. The van der Waals surface area contributed by atoms with Gasteiger partial charge in [-0.1, -0.05) is 48.0 Å². The first-order chi connectivity index (χ1) is 16.4. The van der Waals surface area contributed by atoms with Gasteiger partial charge in [-0.2, -0.15) is 5.10 Å². The van der Waals surface area contributed by atoms with E-state index in [1.165, 1.54) is 12.1 Å². The maximum atomic E-state index is 13.7. The monoisotopic (exact) mass is 454 g/mol. The lowest BCUT2D eigenvalue weighted by atomic mass is 9.82. The van der Waals surface area contributed by atoms with Crippen molar-refractivity contribution in [2.45, 2.75) is 25.8 Å². The van der Waals surface area contributed by atoms with Crippen molar-refractivity contribution in [3.05, 3.63) is 113 Å². The van der Waals surface area contributed by atoms with Crippen molar-refractivity contribution in [1.82, 2.24) is 15.1 Å². The zero-order valence-electron chi connectivity index (χ0n) is 18.7. The Morgan fingerprint density at radius 3 is 2.44 bits per heavy atom. The largest absolute Gasteiger partial charge is 0.339 e. The second-order valence-electron chi connectivity index (χ2n) is 8.43. The van der Waals surface area contributed by atoms with Crippen LogP contribution < -0.4 is 10.6 Å². The van der Waals surface area contributed by atoms with Gasteiger partial charge in [0.1, 0.15) is 17.7 Å². The molecule has 5 rings (SSSR count). The fourth-order valence-electron chi connectivity index (χ4n) is 4.49. The van der Waals surface area contributed by atoms with Crippen molar-refractivity contribution in [3.63, 3.8) is 0 Å². The minimum absolute atomic E-state index is 0.354. The van der Waals surface area contributed by atoms with Crippen LogP contribution >= 0.6 is 0 Å². The number of carbonyl (C=O) groups is 2. The predicted molar refractivity (Wildman–Crippen MR) is 128 cm³/mol. The van der Waals surface area contributed by atoms with Gasteiger partial charge in [0.05, 0.1) is 11.4 Å². The Morgan fingerprint density at radius 2 is 1.74 bits per heavy atom. The highest BCUT2D eigenvalue weighted by Crippen LogP contribution is 2.40. The van der Waals surface area contributed by atoms with Gasteiger partial charge in [0.15, 0.2) is 0 Å². The highest BCUT2D eigenvalue weighted by atomic mass is 19.1. The van der Waals surface area contributed by atoms with E-state index in [0.717, 1.165) is 16.8 Å². The second kappa shape index (κ2) is 8.59. The van der Waals surface area contributed by atoms with E-state index < -0.39 is 12.0 Å². The van der Waals surface area contributed by atoms with Gasteiger partial charge < -0.3 is 10.6 Å². The Morgan fingerprint density at radius 1 is 1.00 bits per heavy atom. The lowest BCUT2D eigenvalue weighted by Crippen LogP contribution is -2.50. The van der Waals surface area contributed by atoms with Crippen molar-refractivity contribution in [2.24, 2.45) is 0 Å². The van der Waals surface area contributed by atoms with Crippen LogP contribution in [-0.2, 0) is 4.79 Å². The van der Waals surface area contributed by atoms with Crippen LogP contribution in [0.4, 0.5) is 10.2 Å². The average molecular weight is 455 g/mol. The molecule has 2 amide bonds. The molecule has 6 nitrogen and oxygen atoms in total. The molecule has 34 heavy (non-hydrogen) atoms. The molecular weight excluding hydrogens is 431 g/mol. The van der Waals surface area contributed by atoms with Gasteiger partial charge in [-0.3, -0.25) is 9.59 Å². The van der Waals surface area contributed by atoms with Gasteiger partial charge in [0.2, 0.25) is 5.91 Å². The van der Waals surface area contributed by atoms with Crippen molar-refractivity contribution < 1.29 is 14.0 Å². The summed E-state index contributed by atoms with van der Waals surface area (Å²) in [6.07, 6.45) is 0. The molecule has 1 aliphatic heterocycles. The number of hydrogen-bond acceptors (Lipinski definition) is 3. The van der Waals surface area contributed by atoms with Gasteiger partial charge >= 0.3 is 0 Å². The maximum Gasteiger partial charge on any atom is 0.251 e. The van der Waals surface area contributed by atoms with Crippen LogP contribution in [0.25, 0.3) is 5.69 Å². The normalized spacial score (nSPS) is 17.1. The summed E-state index contributed by atoms with van der Waals surface area (Å²) in [7, 11) is 0. The summed E-state index contributed by atoms with van der Waals surface area (Å²) in [5, 5.41) is 10.5. The topological polar surface area (TPSA) is 76.0 Å². The number of aromatic nitrogens is 2. The summed E-state index contributed by atoms with van der Waals surface area (Å²) in [4.78, 5) is 26.5. The van der Waals surface area contributed by atoms with E-state index in [2.05, 4.69) is 15.7 Å². The Kier molecular flexibility index (Phi) is 5.45. The third-order valence-corrected chi connectivity index (χ3v) is 6.07. The molecule has 1 aromatic heterocycles. The molecule has 0 saturated carbocycles. The van der Waals surface area contributed by atoms with E-state index in [1.54, 1.807) is 35.0 Å². The highest BCUT2D eigenvalue weighted by Gasteiger charge is 2.41. The van der Waals surface area contributed by atoms with Crippen LogP contribution in [0.1, 0.15) is 38.7 Å². The molecular formula is C27H23FN4O2. The minimum Gasteiger partial charge on any atom is -0.339 e. The molecule has 4 aromatic rings. The highest BCUT2D eigenvalue weighted by molar-refractivity contribution is 6.04. The van der Waals surface area contributed by atoms with E-state index in [-0.39, 0.29) is 17.6 Å². The van der Waals surface area contributed by atoms with E-state index in [9.17, 15) is 14.0 Å². The van der Waals surface area contributed by atoms with E-state index >= 15 is 0 Å². The van der Waals surface area contributed by atoms with Crippen molar-refractivity contribution in [2.75, 3.05) is 5.32 Å². The fourth-order valence-corrected chi connectivity index (χ4v) is 4.49. The van der Waals surface area contributed by atoms with Crippen LogP contribution in [0.15, 0.2) is 78.9 Å². The van der Waals surface area contributed by atoms with E-state index in [4.69, 9.17) is 0 Å². The number of para-hydroxylation sites is 1.